The third-order valence-electron chi connectivity index (χ3n) is 8.46. The fourth-order valence-electron chi connectivity index (χ4n) is 7.48. The maximum absolute atomic E-state index is 10.0. The van der Waals surface area contributed by atoms with E-state index in [2.05, 4.69) is 20.4 Å². The van der Waals surface area contributed by atoms with E-state index in [1.165, 1.54) is 50.5 Å². The Morgan fingerprint density at radius 2 is 1.73 bits per heavy atom. The second-order valence-electron chi connectivity index (χ2n) is 9.51. The van der Waals surface area contributed by atoms with Gasteiger partial charge >= 0.3 is 0 Å². The average Bonchev–Trinajstić information content (AvgIpc) is 2.80. The van der Waals surface area contributed by atoms with Crippen molar-refractivity contribution in [2.45, 2.75) is 77.7 Å². The number of hydrogen-bond donors (Lipinski definition) is 1. The minimum Gasteiger partial charge on any atom is -0.393 e. The van der Waals surface area contributed by atoms with Crippen LogP contribution in [0, 0.1) is 40.9 Å². The van der Waals surface area contributed by atoms with Gasteiger partial charge in [-0.2, -0.15) is 0 Å². The molecule has 1 heteroatoms. The van der Waals surface area contributed by atoms with Crippen LogP contribution in [0.15, 0.2) is 12.2 Å². The monoisotopic (exact) mass is 302 g/mol. The molecule has 8 atom stereocenters. The van der Waals surface area contributed by atoms with Crippen LogP contribution in [0.3, 0.4) is 0 Å². The summed E-state index contributed by atoms with van der Waals surface area (Å²) in [5.74, 6) is 5.46. The van der Waals surface area contributed by atoms with Gasteiger partial charge in [-0.15, -0.1) is 0 Å². The van der Waals surface area contributed by atoms with Gasteiger partial charge in [0.25, 0.3) is 0 Å². The summed E-state index contributed by atoms with van der Waals surface area (Å²) in [5, 5.41) is 10.0. The molecule has 22 heavy (non-hydrogen) atoms. The second-order valence-corrected chi connectivity index (χ2v) is 9.51. The van der Waals surface area contributed by atoms with E-state index in [9.17, 15) is 5.11 Å². The molecule has 4 saturated carbocycles. The molecule has 0 aliphatic heterocycles. The second kappa shape index (κ2) is 5.36. The maximum atomic E-state index is 10.0. The SMILES string of the molecule is C=C(C)[C@@H]1CC[C@@H]2C[C@H]3[C@@H](CC[C@H]4C[C@H](O)CC[C@@H]43)C[C@]21C. The van der Waals surface area contributed by atoms with Gasteiger partial charge in [-0.05, 0) is 106 Å². The summed E-state index contributed by atoms with van der Waals surface area (Å²) in [7, 11) is 0. The lowest BCUT2D eigenvalue weighted by Gasteiger charge is -2.55. The summed E-state index contributed by atoms with van der Waals surface area (Å²) in [5.41, 5.74) is 1.99. The van der Waals surface area contributed by atoms with E-state index in [0.29, 0.717) is 5.41 Å². The average molecular weight is 303 g/mol. The Labute approximate surface area is 136 Å². The van der Waals surface area contributed by atoms with Gasteiger partial charge in [0, 0.05) is 0 Å². The molecule has 124 valence electrons. The van der Waals surface area contributed by atoms with Crippen molar-refractivity contribution in [1.82, 2.24) is 0 Å². The molecule has 0 unspecified atom stereocenters. The third-order valence-corrected chi connectivity index (χ3v) is 8.46. The Bertz CT molecular complexity index is 455. The number of rotatable bonds is 1. The summed E-state index contributed by atoms with van der Waals surface area (Å²) in [6.07, 6.45) is 12.1. The van der Waals surface area contributed by atoms with Crippen molar-refractivity contribution in [3.63, 3.8) is 0 Å². The van der Waals surface area contributed by atoms with Crippen LogP contribution in [0.4, 0.5) is 0 Å². The van der Waals surface area contributed by atoms with Gasteiger partial charge in [0.05, 0.1) is 6.10 Å². The molecule has 0 saturated heterocycles. The predicted octanol–water partition coefficient (Wildman–Crippen LogP) is 5.19. The number of allylic oxidation sites excluding steroid dienone is 1. The number of aliphatic hydroxyl groups is 1. The highest BCUT2D eigenvalue weighted by Gasteiger charge is 2.55. The van der Waals surface area contributed by atoms with E-state index < -0.39 is 0 Å². The van der Waals surface area contributed by atoms with Crippen LogP contribution < -0.4 is 0 Å². The molecular formula is C21H34O. The normalized spacial score (nSPS) is 54.2. The van der Waals surface area contributed by atoms with E-state index in [4.69, 9.17) is 0 Å². The first kappa shape index (κ1) is 15.2. The van der Waals surface area contributed by atoms with Crippen molar-refractivity contribution in [1.29, 1.82) is 0 Å². The Morgan fingerprint density at radius 1 is 0.955 bits per heavy atom. The molecule has 0 aromatic carbocycles. The first-order chi connectivity index (χ1) is 10.5. The van der Waals surface area contributed by atoms with E-state index in [0.717, 1.165) is 48.3 Å². The third kappa shape index (κ3) is 2.22. The Balaban J connectivity index is 1.55. The molecule has 0 bridgehead atoms. The molecule has 4 fully saturated rings. The largest absolute Gasteiger partial charge is 0.393 e. The van der Waals surface area contributed by atoms with Crippen molar-refractivity contribution >= 4 is 0 Å². The highest BCUT2D eigenvalue weighted by atomic mass is 16.3. The van der Waals surface area contributed by atoms with E-state index in [-0.39, 0.29) is 6.10 Å². The van der Waals surface area contributed by atoms with E-state index in [1.807, 2.05) is 0 Å². The Kier molecular flexibility index (Phi) is 3.72. The van der Waals surface area contributed by atoms with Gasteiger partial charge in [0.15, 0.2) is 0 Å². The Morgan fingerprint density at radius 3 is 2.50 bits per heavy atom. The fraction of sp³-hybridized carbons (Fsp3) is 0.905. The first-order valence-electron chi connectivity index (χ1n) is 9.82. The van der Waals surface area contributed by atoms with Crippen molar-refractivity contribution < 1.29 is 5.11 Å². The van der Waals surface area contributed by atoms with Gasteiger partial charge in [-0.25, -0.2) is 0 Å². The van der Waals surface area contributed by atoms with Crippen LogP contribution in [0.1, 0.15) is 71.6 Å². The van der Waals surface area contributed by atoms with Crippen LogP contribution in [0.5, 0.6) is 0 Å². The summed E-state index contributed by atoms with van der Waals surface area (Å²) >= 11 is 0. The van der Waals surface area contributed by atoms with Crippen molar-refractivity contribution in [2.24, 2.45) is 40.9 Å². The van der Waals surface area contributed by atoms with E-state index >= 15 is 0 Å². The minimum atomic E-state index is 0.00549. The predicted molar refractivity (Wildman–Crippen MR) is 91.4 cm³/mol. The highest BCUT2D eigenvalue weighted by Crippen LogP contribution is 2.64. The van der Waals surface area contributed by atoms with Crippen molar-refractivity contribution in [2.75, 3.05) is 0 Å². The lowest BCUT2D eigenvalue weighted by atomic mass is 9.50. The zero-order chi connectivity index (χ0) is 15.5. The van der Waals surface area contributed by atoms with Crippen molar-refractivity contribution in [3.05, 3.63) is 12.2 Å². The van der Waals surface area contributed by atoms with Gasteiger partial charge in [-0.1, -0.05) is 19.1 Å². The Hall–Kier alpha value is -0.300. The van der Waals surface area contributed by atoms with Crippen LogP contribution >= 0.6 is 0 Å². The zero-order valence-corrected chi connectivity index (χ0v) is 14.6. The summed E-state index contributed by atoms with van der Waals surface area (Å²) in [6, 6.07) is 0. The van der Waals surface area contributed by atoms with Crippen LogP contribution in [-0.4, -0.2) is 11.2 Å². The molecule has 1 N–H and O–H groups in total. The number of hydrogen-bond acceptors (Lipinski definition) is 1. The van der Waals surface area contributed by atoms with Gasteiger partial charge < -0.3 is 5.11 Å². The standard InChI is InChI=1S/C21H34O/c1-13(2)20-9-6-16-11-19-15(12-21(16,20)3)5-4-14-10-17(22)7-8-18(14)19/h14-20,22H,1,4-12H2,2-3H3/t14-,15-,16+,17+,18-,19-,20-,21+/m0/s1. The zero-order valence-electron chi connectivity index (χ0n) is 14.6. The topological polar surface area (TPSA) is 20.2 Å². The van der Waals surface area contributed by atoms with Gasteiger partial charge in [0.1, 0.15) is 0 Å². The molecule has 0 heterocycles. The molecule has 0 amide bonds. The van der Waals surface area contributed by atoms with Crippen molar-refractivity contribution in [3.8, 4) is 0 Å². The molecule has 4 aliphatic carbocycles. The number of fused-ring (bicyclic) bond motifs is 4. The van der Waals surface area contributed by atoms with Crippen LogP contribution in [0.25, 0.3) is 0 Å². The molecule has 4 rings (SSSR count). The quantitative estimate of drug-likeness (QED) is 0.661. The highest BCUT2D eigenvalue weighted by molar-refractivity contribution is 5.13. The van der Waals surface area contributed by atoms with E-state index in [1.54, 1.807) is 0 Å². The maximum Gasteiger partial charge on any atom is 0.0543 e. The molecule has 4 aliphatic rings. The molecular weight excluding hydrogens is 268 g/mol. The lowest BCUT2D eigenvalue weighted by Crippen LogP contribution is -2.47. The van der Waals surface area contributed by atoms with Gasteiger partial charge in [0.2, 0.25) is 0 Å². The lowest BCUT2D eigenvalue weighted by molar-refractivity contribution is -0.0644. The molecule has 0 radical (unpaired) electrons. The molecule has 1 nitrogen and oxygen atoms in total. The minimum absolute atomic E-state index is 0.00549. The molecule has 0 aromatic heterocycles. The molecule has 0 aromatic rings. The number of aliphatic hydroxyl groups excluding tert-OH is 1. The van der Waals surface area contributed by atoms with Crippen LogP contribution in [-0.2, 0) is 0 Å². The summed E-state index contributed by atoms with van der Waals surface area (Å²) in [6.45, 7) is 9.19. The fourth-order valence-corrected chi connectivity index (χ4v) is 7.48. The van der Waals surface area contributed by atoms with Crippen LogP contribution in [0.2, 0.25) is 0 Å². The smallest absolute Gasteiger partial charge is 0.0543 e. The first-order valence-corrected chi connectivity index (χ1v) is 9.82. The molecule has 0 spiro atoms. The van der Waals surface area contributed by atoms with Gasteiger partial charge in [-0.3, -0.25) is 0 Å². The summed E-state index contributed by atoms with van der Waals surface area (Å²) in [4.78, 5) is 0. The summed E-state index contributed by atoms with van der Waals surface area (Å²) < 4.78 is 0.